The number of anilines is 2. The first-order valence-corrected chi connectivity index (χ1v) is 6.38. The molecule has 4 N–H and O–H groups in total. The van der Waals surface area contributed by atoms with Gasteiger partial charge >= 0.3 is 0 Å². The van der Waals surface area contributed by atoms with Crippen molar-refractivity contribution in [3.05, 3.63) is 23.8 Å². The summed E-state index contributed by atoms with van der Waals surface area (Å²) in [6, 6.07) is 5.93. The van der Waals surface area contributed by atoms with E-state index in [2.05, 4.69) is 25.2 Å². The van der Waals surface area contributed by atoms with Gasteiger partial charge in [-0.1, -0.05) is 25.5 Å². The van der Waals surface area contributed by atoms with Crippen molar-refractivity contribution in [2.24, 2.45) is 5.92 Å². The van der Waals surface area contributed by atoms with Crippen molar-refractivity contribution in [3.63, 3.8) is 0 Å². The van der Waals surface area contributed by atoms with E-state index in [-0.39, 0.29) is 6.61 Å². The first-order chi connectivity index (χ1) is 8.19. The van der Waals surface area contributed by atoms with Crippen molar-refractivity contribution >= 4 is 11.4 Å². The number of hydrogen-bond acceptors (Lipinski definition) is 3. The maximum Gasteiger partial charge on any atom is 0.0603 e. The van der Waals surface area contributed by atoms with E-state index >= 15 is 0 Å². The Balaban J connectivity index is 2.58. The van der Waals surface area contributed by atoms with Crippen LogP contribution in [0.25, 0.3) is 0 Å². The highest BCUT2D eigenvalue weighted by Crippen LogP contribution is 2.23. The number of rotatable bonds is 7. The van der Waals surface area contributed by atoms with Crippen LogP contribution in [0, 0.1) is 12.8 Å². The van der Waals surface area contributed by atoms with Crippen molar-refractivity contribution in [1.82, 2.24) is 0 Å². The molecule has 0 radical (unpaired) electrons. The Kier molecular flexibility index (Phi) is 5.84. The maximum atomic E-state index is 9.02. The van der Waals surface area contributed by atoms with E-state index < -0.39 is 0 Å². The van der Waals surface area contributed by atoms with Crippen molar-refractivity contribution in [2.45, 2.75) is 33.1 Å². The minimum atomic E-state index is 0.260. The van der Waals surface area contributed by atoms with Crippen molar-refractivity contribution < 1.29 is 5.11 Å². The van der Waals surface area contributed by atoms with E-state index in [4.69, 9.17) is 10.8 Å². The molecule has 3 nitrogen and oxygen atoms in total. The number of aliphatic hydroxyl groups excluding tert-OH is 1. The van der Waals surface area contributed by atoms with Gasteiger partial charge in [-0.05, 0) is 37.3 Å². The summed E-state index contributed by atoms with van der Waals surface area (Å²) < 4.78 is 0. The van der Waals surface area contributed by atoms with Crippen molar-refractivity contribution in [3.8, 4) is 0 Å². The molecule has 0 saturated heterocycles. The molecule has 0 aliphatic heterocycles. The van der Waals surface area contributed by atoms with Crippen LogP contribution in [0.15, 0.2) is 18.2 Å². The van der Waals surface area contributed by atoms with Crippen LogP contribution in [0.4, 0.5) is 11.4 Å². The SMILES string of the molecule is CCCC(CCO)CNc1c(C)cccc1N. The summed E-state index contributed by atoms with van der Waals surface area (Å²) in [6.07, 6.45) is 3.14. The molecule has 1 aromatic carbocycles. The Hall–Kier alpha value is -1.22. The number of aryl methyl sites for hydroxylation is 1. The molecule has 17 heavy (non-hydrogen) atoms. The van der Waals surface area contributed by atoms with Crippen molar-refractivity contribution in [1.29, 1.82) is 0 Å². The van der Waals surface area contributed by atoms with Crippen LogP contribution in [0.5, 0.6) is 0 Å². The highest BCUT2D eigenvalue weighted by molar-refractivity contribution is 5.69. The molecule has 1 aromatic rings. The second kappa shape index (κ2) is 7.17. The van der Waals surface area contributed by atoms with E-state index in [1.165, 1.54) is 5.56 Å². The molecule has 3 heteroatoms. The number of nitrogens with two attached hydrogens (primary N) is 1. The molecule has 0 bridgehead atoms. The molecular weight excluding hydrogens is 212 g/mol. The Labute approximate surface area is 104 Å². The maximum absolute atomic E-state index is 9.02. The molecule has 0 aliphatic carbocycles. The van der Waals surface area contributed by atoms with Gasteiger partial charge in [0.1, 0.15) is 0 Å². The average Bonchev–Trinajstić information content (AvgIpc) is 2.29. The Morgan fingerprint density at radius 3 is 2.71 bits per heavy atom. The Morgan fingerprint density at radius 2 is 2.12 bits per heavy atom. The molecule has 0 saturated carbocycles. The fourth-order valence-corrected chi connectivity index (χ4v) is 2.12. The van der Waals surface area contributed by atoms with Crippen LogP contribution < -0.4 is 11.1 Å². The number of hydrogen-bond donors (Lipinski definition) is 3. The summed E-state index contributed by atoms with van der Waals surface area (Å²) >= 11 is 0. The lowest BCUT2D eigenvalue weighted by molar-refractivity contribution is 0.255. The average molecular weight is 236 g/mol. The predicted octanol–water partition coefficient (Wildman–Crippen LogP) is 2.79. The molecule has 0 spiro atoms. The summed E-state index contributed by atoms with van der Waals surface area (Å²) in [4.78, 5) is 0. The molecule has 96 valence electrons. The highest BCUT2D eigenvalue weighted by Gasteiger charge is 2.09. The van der Waals surface area contributed by atoms with Gasteiger partial charge in [0, 0.05) is 13.2 Å². The molecule has 0 aromatic heterocycles. The number of para-hydroxylation sites is 1. The zero-order valence-corrected chi connectivity index (χ0v) is 10.9. The third kappa shape index (κ3) is 4.27. The number of nitrogen functional groups attached to an aromatic ring is 1. The molecule has 1 rings (SSSR count). The van der Waals surface area contributed by atoms with Gasteiger partial charge < -0.3 is 16.2 Å². The van der Waals surface area contributed by atoms with E-state index in [0.717, 1.165) is 37.2 Å². The number of aliphatic hydroxyl groups is 1. The Morgan fingerprint density at radius 1 is 1.35 bits per heavy atom. The summed E-state index contributed by atoms with van der Waals surface area (Å²) in [7, 11) is 0. The quantitative estimate of drug-likeness (QED) is 0.638. The third-order valence-electron chi connectivity index (χ3n) is 3.11. The van der Waals surface area contributed by atoms with Gasteiger partial charge in [0.05, 0.1) is 11.4 Å². The lowest BCUT2D eigenvalue weighted by Gasteiger charge is -2.18. The minimum absolute atomic E-state index is 0.260. The smallest absolute Gasteiger partial charge is 0.0603 e. The second-order valence-corrected chi connectivity index (χ2v) is 4.59. The van der Waals surface area contributed by atoms with Gasteiger partial charge in [0.15, 0.2) is 0 Å². The number of nitrogens with one attached hydrogen (secondary N) is 1. The monoisotopic (exact) mass is 236 g/mol. The molecule has 1 unspecified atom stereocenters. The zero-order valence-electron chi connectivity index (χ0n) is 10.9. The van der Waals surface area contributed by atoms with Gasteiger partial charge in [-0.2, -0.15) is 0 Å². The van der Waals surface area contributed by atoms with E-state index in [9.17, 15) is 0 Å². The normalized spacial score (nSPS) is 12.4. The first-order valence-electron chi connectivity index (χ1n) is 6.38. The Bertz CT molecular complexity index is 313. The largest absolute Gasteiger partial charge is 0.397 e. The van der Waals surface area contributed by atoms with Gasteiger partial charge in [0.2, 0.25) is 0 Å². The molecule has 0 aliphatic rings. The summed E-state index contributed by atoms with van der Waals surface area (Å²) in [5, 5.41) is 12.4. The molecule has 0 fully saturated rings. The zero-order chi connectivity index (χ0) is 12.7. The second-order valence-electron chi connectivity index (χ2n) is 4.59. The molecule has 1 atom stereocenters. The lowest BCUT2D eigenvalue weighted by atomic mass is 10.00. The van der Waals surface area contributed by atoms with Gasteiger partial charge in [-0.25, -0.2) is 0 Å². The summed E-state index contributed by atoms with van der Waals surface area (Å²) in [5.74, 6) is 0.518. The van der Waals surface area contributed by atoms with E-state index in [1.807, 2.05) is 12.1 Å². The van der Waals surface area contributed by atoms with Crippen LogP contribution in [0.2, 0.25) is 0 Å². The van der Waals surface area contributed by atoms with Crippen LogP contribution in [0.1, 0.15) is 31.7 Å². The number of benzene rings is 1. The van der Waals surface area contributed by atoms with E-state index in [0.29, 0.717) is 5.92 Å². The van der Waals surface area contributed by atoms with E-state index in [1.54, 1.807) is 0 Å². The lowest BCUT2D eigenvalue weighted by Crippen LogP contribution is -2.17. The minimum Gasteiger partial charge on any atom is -0.397 e. The molecular formula is C14H24N2O. The first kappa shape index (κ1) is 13.8. The van der Waals surface area contributed by atoms with Gasteiger partial charge in [0.25, 0.3) is 0 Å². The standard InChI is InChI=1S/C14H24N2O/c1-3-5-12(8-9-17)10-16-14-11(2)6-4-7-13(14)15/h4,6-7,12,16-17H,3,5,8-10,15H2,1-2H3. The van der Waals surface area contributed by atoms with Crippen molar-refractivity contribution in [2.75, 3.05) is 24.2 Å². The molecule has 0 amide bonds. The molecule has 0 heterocycles. The summed E-state index contributed by atoms with van der Waals surface area (Å²) in [5.41, 5.74) is 8.94. The third-order valence-corrected chi connectivity index (χ3v) is 3.11. The topological polar surface area (TPSA) is 58.3 Å². The fourth-order valence-electron chi connectivity index (χ4n) is 2.12. The van der Waals surface area contributed by atoms with Crippen LogP contribution >= 0.6 is 0 Å². The fraction of sp³-hybridized carbons (Fsp3) is 0.571. The van der Waals surface area contributed by atoms with Gasteiger partial charge in [-0.15, -0.1) is 0 Å². The summed E-state index contributed by atoms with van der Waals surface area (Å²) in [6.45, 7) is 5.37. The van der Waals surface area contributed by atoms with Crippen LogP contribution in [-0.2, 0) is 0 Å². The van der Waals surface area contributed by atoms with Crippen LogP contribution in [0.3, 0.4) is 0 Å². The highest BCUT2D eigenvalue weighted by atomic mass is 16.3. The van der Waals surface area contributed by atoms with Crippen LogP contribution in [-0.4, -0.2) is 18.3 Å². The predicted molar refractivity (Wildman–Crippen MR) is 74.2 cm³/mol. The van der Waals surface area contributed by atoms with Gasteiger partial charge in [-0.3, -0.25) is 0 Å².